The maximum absolute atomic E-state index is 11.5. The molecule has 8 nitrogen and oxygen atoms in total. The summed E-state index contributed by atoms with van der Waals surface area (Å²) in [6.07, 6.45) is 0.272. The lowest BCUT2D eigenvalue weighted by molar-refractivity contribution is -0.119. The molecule has 0 saturated heterocycles. The predicted molar refractivity (Wildman–Crippen MR) is 77.7 cm³/mol. The lowest BCUT2D eigenvalue weighted by atomic mass is 10.0. The Kier molecular flexibility index (Phi) is 4.90. The Hall–Kier alpha value is -2.67. The van der Waals surface area contributed by atoms with Crippen LogP contribution in [0.4, 0.5) is 5.69 Å². The first kappa shape index (κ1) is 15.7. The first-order valence-electron chi connectivity index (χ1n) is 6.57. The van der Waals surface area contributed by atoms with Crippen molar-refractivity contribution in [2.24, 2.45) is 5.11 Å². The van der Waals surface area contributed by atoms with E-state index < -0.39 is 24.0 Å². The van der Waals surface area contributed by atoms with E-state index in [9.17, 15) is 19.8 Å². The number of nitrogens with zero attached hydrogens (tertiary/aromatic N) is 4. The third-order valence-electron chi connectivity index (χ3n) is 3.25. The van der Waals surface area contributed by atoms with Crippen LogP contribution < -0.4 is 4.90 Å². The number of aliphatic hydroxyl groups excluding tert-OH is 2. The Morgan fingerprint density at radius 2 is 1.73 bits per heavy atom. The van der Waals surface area contributed by atoms with Crippen LogP contribution in [0.25, 0.3) is 10.4 Å². The highest BCUT2D eigenvalue weighted by molar-refractivity contribution is 6.28. The number of benzene rings is 1. The van der Waals surface area contributed by atoms with Gasteiger partial charge in [-0.25, -0.2) is 4.90 Å². The number of imide groups is 1. The normalized spacial score (nSPS) is 16.5. The van der Waals surface area contributed by atoms with Gasteiger partial charge in [0.1, 0.15) is 6.10 Å². The fraction of sp³-hybridized carbons (Fsp3) is 0.286. The molecule has 0 aliphatic carbocycles. The topological polar surface area (TPSA) is 127 Å². The molecule has 2 N–H and O–H groups in total. The minimum atomic E-state index is -1.15. The number of rotatable bonds is 6. The molecule has 2 unspecified atom stereocenters. The minimum absolute atomic E-state index is 0.0786. The molecule has 0 aromatic heterocycles. The number of carbonyl (C=O) groups is 2. The predicted octanol–water partition coefficient (Wildman–Crippen LogP) is 1.21. The largest absolute Gasteiger partial charge is 0.390 e. The van der Waals surface area contributed by atoms with Crippen LogP contribution in [-0.2, 0) is 9.59 Å². The average molecular weight is 302 g/mol. The van der Waals surface area contributed by atoms with Crippen LogP contribution in [-0.4, -0.2) is 34.7 Å². The van der Waals surface area contributed by atoms with Crippen molar-refractivity contribution in [3.8, 4) is 0 Å². The maximum atomic E-state index is 11.5. The summed E-state index contributed by atoms with van der Waals surface area (Å²) < 4.78 is 0. The van der Waals surface area contributed by atoms with Crippen LogP contribution in [0.3, 0.4) is 0 Å². The maximum Gasteiger partial charge on any atom is 0.258 e. The SMILES string of the molecule is [N-]=[N+]=NCCC(O)C(O)c1ccc(N2C(=O)C=CC2=O)cc1. The van der Waals surface area contributed by atoms with Gasteiger partial charge in [-0.05, 0) is 29.6 Å². The molecule has 2 amide bonds. The molecule has 0 bridgehead atoms. The molecule has 1 aromatic carbocycles. The second-order valence-corrected chi connectivity index (χ2v) is 4.69. The number of carbonyl (C=O) groups excluding carboxylic acids is 2. The van der Waals surface area contributed by atoms with Crippen molar-refractivity contribution in [1.82, 2.24) is 0 Å². The van der Waals surface area contributed by atoms with E-state index in [1.807, 2.05) is 0 Å². The molecule has 1 aliphatic rings. The van der Waals surface area contributed by atoms with Crippen LogP contribution in [0.15, 0.2) is 41.5 Å². The molecular formula is C14H14N4O4. The lowest BCUT2D eigenvalue weighted by Gasteiger charge is -2.19. The zero-order chi connectivity index (χ0) is 16.1. The average Bonchev–Trinajstić information content (AvgIpc) is 2.86. The highest BCUT2D eigenvalue weighted by Crippen LogP contribution is 2.24. The molecule has 2 rings (SSSR count). The van der Waals surface area contributed by atoms with Crippen molar-refractivity contribution in [3.05, 3.63) is 52.4 Å². The summed E-state index contributed by atoms with van der Waals surface area (Å²) in [5, 5.41) is 23.1. The van der Waals surface area contributed by atoms with Gasteiger partial charge in [0.2, 0.25) is 0 Å². The van der Waals surface area contributed by atoms with E-state index in [0.717, 1.165) is 4.90 Å². The molecule has 2 atom stereocenters. The van der Waals surface area contributed by atoms with Gasteiger partial charge in [0, 0.05) is 23.6 Å². The van der Waals surface area contributed by atoms with Crippen molar-refractivity contribution in [3.63, 3.8) is 0 Å². The molecule has 22 heavy (non-hydrogen) atoms. The van der Waals surface area contributed by atoms with Gasteiger partial charge in [-0.1, -0.05) is 17.2 Å². The Labute approximate surface area is 125 Å². The summed E-state index contributed by atoms with van der Waals surface area (Å²) >= 11 is 0. The van der Waals surface area contributed by atoms with Crippen LogP contribution in [0.2, 0.25) is 0 Å². The van der Waals surface area contributed by atoms with Crippen molar-refractivity contribution >= 4 is 17.5 Å². The third kappa shape index (κ3) is 3.32. The number of amides is 2. The first-order chi connectivity index (χ1) is 10.5. The molecule has 0 saturated carbocycles. The van der Waals surface area contributed by atoms with Gasteiger partial charge in [0.15, 0.2) is 0 Å². The fourth-order valence-corrected chi connectivity index (χ4v) is 2.09. The Morgan fingerprint density at radius 3 is 2.27 bits per heavy atom. The molecule has 0 radical (unpaired) electrons. The van der Waals surface area contributed by atoms with Gasteiger partial charge < -0.3 is 10.2 Å². The number of hydrogen-bond acceptors (Lipinski definition) is 5. The van der Waals surface area contributed by atoms with Crippen molar-refractivity contribution in [2.75, 3.05) is 11.4 Å². The molecule has 114 valence electrons. The second kappa shape index (κ2) is 6.86. The van der Waals surface area contributed by atoms with E-state index in [1.165, 1.54) is 36.4 Å². The highest BCUT2D eigenvalue weighted by atomic mass is 16.3. The van der Waals surface area contributed by atoms with Gasteiger partial charge in [0.05, 0.1) is 11.8 Å². The molecule has 0 fully saturated rings. The summed E-state index contributed by atoms with van der Waals surface area (Å²) in [7, 11) is 0. The first-order valence-corrected chi connectivity index (χ1v) is 6.57. The minimum Gasteiger partial charge on any atom is -0.390 e. The van der Waals surface area contributed by atoms with Crippen molar-refractivity contribution in [2.45, 2.75) is 18.6 Å². The van der Waals surface area contributed by atoms with E-state index in [1.54, 1.807) is 0 Å². The van der Waals surface area contributed by atoms with Crippen LogP contribution >= 0.6 is 0 Å². The quantitative estimate of drug-likeness (QED) is 0.354. The summed E-state index contributed by atoms with van der Waals surface area (Å²) in [6.45, 7) is 0.0786. The molecule has 0 spiro atoms. The zero-order valence-electron chi connectivity index (χ0n) is 11.5. The lowest BCUT2D eigenvalue weighted by Crippen LogP contribution is -2.29. The summed E-state index contributed by atoms with van der Waals surface area (Å²) in [6, 6.07) is 6.08. The Bertz CT molecular complexity index is 631. The van der Waals surface area contributed by atoms with Gasteiger partial charge >= 0.3 is 0 Å². The molecule has 8 heteroatoms. The second-order valence-electron chi connectivity index (χ2n) is 4.69. The number of aliphatic hydroxyl groups is 2. The molecule has 1 aliphatic heterocycles. The zero-order valence-corrected chi connectivity index (χ0v) is 11.5. The van der Waals surface area contributed by atoms with Gasteiger partial charge in [-0.15, -0.1) is 0 Å². The Balaban J connectivity index is 2.06. The van der Waals surface area contributed by atoms with E-state index in [2.05, 4.69) is 10.0 Å². The number of hydrogen-bond donors (Lipinski definition) is 2. The van der Waals surface area contributed by atoms with Crippen LogP contribution in [0, 0.1) is 0 Å². The van der Waals surface area contributed by atoms with Crippen molar-refractivity contribution < 1.29 is 19.8 Å². The number of azide groups is 1. The smallest absolute Gasteiger partial charge is 0.258 e. The van der Waals surface area contributed by atoms with Gasteiger partial charge in [-0.2, -0.15) is 0 Å². The van der Waals surface area contributed by atoms with Crippen LogP contribution in [0.5, 0.6) is 0 Å². The summed E-state index contributed by atoms with van der Waals surface area (Å²) in [4.78, 5) is 26.7. The van der Waals surface area contributed by atoms with Crippen molar-refractivity contribution in [1.29, 1.82) is 0 Å². The van der Waals surface area contributed by atoms with Gasteiger partial charge in [0.25, 0.3) is 11.8 Å². The monoisotopic (exact) mass is 302 g/mol. The summed E-state index contributed by atoms with van der Waals surface area (Å²) in [5.41, 5.74) is 8.98. The summed E-state index contributed by atoms with van der Waals surface area (Å²) in [5.74, 6) is -0.847. The van der Waals surface area contributed by atoms with Gasteiger partial charge in [-0.3, -0.25) is 9.59 Å². The van der Waals surface area contributed by atoms with E-state index in [4.69, 9.17) is 5.53 Å². The molecular weight excluding hydrogens is 288 g/mol. The number of anilines is 1. The van der Waals surface area contributed by atoms with Crippen LogP contribution in [0.1, 0.15) is 18.1 Å². The molecule has 1 heterocycles. The fourth-order valence-electron chi connectivity index (χ4n) is 2.09. The Morgan fingerprint density at radius 1 is 1.14 bits per heavy atom. The van der Waals surface area contributed by atoms with E-state index in [-0.39, 0.29) is 13.0 Å². The third-order valence-corrected chi connectivity index (χ3v) is 3.25. The van der Waals surface area contributed by atoms with E-state index in [0.29, 0.717) is 11.3 Å². The van der Waals surface area contributed by atoms with E-state index >= 15 is 0 Å². The molecule has 1 aromatic rings. The highest BCUT2D eigenvalue weighted by Gasteiger charge is 2.25. The standard InChI is InChI=1S/C14H14N4O4/c15-17-16-8-7-11(19)14(22)9-1-3-10(4-2-9)18-12(20)5-6-13(18)21/h1-6,11,14,19,22H,7-8H2.